The monoisotopic (exact) mass is 268 g/mol. The van der Waals surface area contributed by atoms with Crippen molar-refractivity contribution in [3.8, 4) is 0 Å². The van der Waals surface area contributed by atoms with Crippen LogP contribution in [0, 0.1) is 0 Å². The van der Waals surface area contributed by atoms with E-state index in [0.29, 0.717) is 12.6 Å². The van der Waals surface area contributed by atoms with Gasteiger partial charge in [0.05, 0.1) is 0 Å². The van der Waals surface area contributed by atoms with Gasteiger partial charge in [0.1, 0.15) is 0 Å². The number of nitrogens with zero attached hydrogens (tertiary/aromatic N) is 1. The van der Waals surface area contributed by atoms with Gasteiger partial charge < -0.3 is 15.4 Å². The van der Waals surface area contributed by atoms with Gasteiger partial charge >= 0.3 is 0 Å². The fraction of sp³-hybridized carbons (Fsp3) is 0.571. The Morgan fingerprint density at radius 3 is 2.78 bits per heavy atom. The number of nitrogens with two attached hydrogens (primary N) is 1. The first kappa shape index (κ1) is 13.7. The highest BCUT2D eigenvalue weighted by atomic mass is 35.5. The third kappa shape index (κ3) is 3.16. The number of hydrogen-bond donors (Lipinski definition) is 1. The Morgan fingerprint density at radius 2 is 2.11 bits per heavy atom. The van der Waals surface area contributed by atoms with E-state index in [2.05, 4.69) is 18.0 Å². The number of rotatable bonds is 4. The van der Waals surface area contributed by atoms with Gasteiger partial charge in [0.15, 0.2) is 0 Å². The van der Waals surface area contributed by atoms with Crippen molar-refractivity contribution < 1.29 is 4.74 Å². The molecule has 0 saturated carbocycles. The van der Waals surface area contributed by atoms with E-state index in [4.69, 9.17) is 22.1 Å². The first-order valence-electron chi connectivity index (χ1n) is 6.51. The van der Waals surface area contributed by atoms with E-state index >= 15 is 0 Å². The van der Waals surface area contributed by atoms with Crippen LogP contribution in [0.4, 0.5) is 5.69 Å². The molecule has 0 bridgehead atoms. The summed E-state index contributed by atoms with van der Waals surface area (Å²) in [6, 6.07) is 6.63. The van der Waals surface area contributed by atoms with E-state index in [1.807, 2.05) is 12.1 Å². The largest absolute Gasteiger partial charge is 0.381 e. The zero-order valence-electron chi connectivity index (χ0n) is 10.9. The molecular weight excluding hydrogens is 248 g/mol. The van der Waals surface area contributed by atoms with Gasteiger partial charge in [0.25, 0.3) is 0 Å². The SMILES string of the molecule is CN(c1ccc(Cl)cc1CCN)C1CCOCC1. The first-order chi connectivity index (χ1) is 8.72. The maximum Gasteiger partial charge on any atom is 0.0485 e. The van der Waals surface area contributed by atoms with E-state index < -0.39 is 0 Å². The molecule has 100 valence electrons. The minimum atomic E-state index is 0.552. The molecule has 0 aliphatic carbocycles. The van der Waals surface area contributed by atoms with E-state index in [1.54, 1.807) is 0 Å². The summed E-state index contributed by atoms with van der Waals surface area (Å²) in [5.74, 6) is 0. The van der Waals surface area contributed by atoms with Crippen LogP contribution in [0.25, 0.3) is 0 Å². The van der Waals surface area contributed by atoms with Crippen LogP contribution in [0.1, 0.15) is 18.4 Å². The van der Waals surface area contributed by atoms with E-state index in [0.717, 1.165) is 37.5 Å². The quantitative estimate of drug-likeness (QED) is 0.912. The summed E-state index contributed by atoms with van der Waals surface area (Å²) in [5, 5.41) is 0.780. The number of hydrogen-bond acceptors (Lipinski definition) is 3. The molecule has 18 heavy (non-hydrogen) atoms. The molecule has 0 unspecified atom stereocenters. The second kappa shape index (κ2) is 6.41. The predicted octanol–water partition coefficient (Wildman–Crippen LogP) is 2.46. The average molecular weight is 269 g/mol. The highest BCUT2D eigenvalue weighted by molar-refractivity contribution is 6.30. The average Bonchev–Trinajstić information content (AvgIpc) is 2.40. The molecule has 2 rings (SSSR count). The van der Waals surface area contributed by atoms with Gasteiger partial charge in [-0.15, -0.1) is 0 Å². The van der Waals surface area contributed by atoms with Crippen LogP contribution in [0.5, 0.6) is 0 Å². The molecule has 1 aliphatic heterocycles. The summed E-state index contributed by atoms with van der Waals surface area (Å²) in [7, 11) is 2.15. The highest BCUT2D eigenvalue weighted by Gasteiger charge is 2.20. The molecule has 3 nitrogen and oxygen atoms in total. The zero-order valence-corrected chi connectivity index (χ0v) is 11.6. The van der Waals surface area contributed by atoms with Crippen LogP contribution < -0.4 is 10.6 Å². The maximum atomic E-state index is 6.06. The Balaban J connectivity index is 2.19. The third-order valence-electron chi connectivity index (χ3n) is 3.57. The smallest absolute Gasteiger partial charge is 0.0485 e. The molecule has 1 aromatic rings. The van der Waals surface area contributed by atoms with Crippen LogP contribution in [0.2, 0.25) is 5.02 Å². The van der Waals surface area contributed by atoms with E-state index in [-0.39, 0.29) is 0 Å². The molecule has 0 aromatic heterocycles. The van der Waals surface area contributed by atoms with Crippen molar-refractivity contribution in [1.82, 2.24) is 0 Å². The summed E-state index contributed by atoms with van der Waals surface area (Å²) in [6.07, 6.45) is 3.03. The normalized spacial score (nSPS) is 16.8. The molecule has 0 amide bonds. The zero-order chi connectivity index (χ0) is 13.0. The van der Waals surface area contributed by atoms with Gasteiger partial charge in [-0.25, -0.2) is 0 Å². The molecule has 0 radical (unpaired) electrons. The molecule has 1 aliphatic rings. The van der Waals surface area contributed by atoms with E-state index in [9.17, 15) is 0 Å². The standard InChI is InChI=1S/C14H21ClN2O/c1-17(13-5-8-18-9-6-13)14-3-2-12(15)10-11(14)4-7-16/h2-3,10,13H,4-9,16H2,1H3. The predicted molar refractivity (Wildman–Crippen MR) is 76.5 cm³/mol. The Kier molecular flexibility index (Phi) is 4.87. The van der Waals surface area contributed by atoms with Crippen LogP contribution in [-0.2, 0) is 11.2 Å². The summed E-state index contributed by atoms with van der Waals surface area (Å²) in [4.78, 5) is 2.35. The molecule has 1 fully saturated rings. The fourth-order valence-corrected chi connectivity index (χ4v) is 2.72. The van der Waals surface area contributed by atoms with Gasteiger partial charge in [-0.2, -0.15) is 0 Å². The van der Waals surface area contributed by atoms with Crippen LogP contribution >= 0.6 is 11.6 Å². The van der Waals surface area contributed by atoms with Gasteiger partial charge in [-0.1, -0.05) is 11.6 Å². The summed E-state index contributed by atoms with van der Waals surface area (Å²) in [6.45, 7) is 2.36. The van der Waals surface area contributed by atoms with Crippen molar-refractivity contribution in [3.05, 3.63) is 28.8 Å². The molecule has 1 heterocycles. The number of halogens is 1. The summed E-state index contributed by atoms with van der Waals surface area (Å²) >= 11 is 6.06. The maximum absolute atomic E-state index is 6.06. The van der Waals surface area contributed by atoms with Crippen molar-refractivity contribution in [1.29, 1.82) is 0 Å². The molecule has 1 aromatic carbocycles. The molecule has 4 heteroatoms. The Morgan fingerprint density at radius 1 is 1.39 bits per heavy atom. The van der Waals surface area contributed by atoms with Crippen LogP contribution in [-0.4, -0.2) is 32.8 Å². The second-order valence-corrected chi connectivity index (χ2v) is 5.20. The first-order valence-corrected chi connectivity index (χ1v) is 6.89. The van der Waals surface area contributed by atoms with Gasteiger partial charge in [0, 0.05) is 37.0 Å². The van der Waals surface area contributed by atoms with Gasteiger partial charge in [-0.05, 0) is 49.6 Å². The lowest BCUT2D eigenvalue weighted by Gasteiger charge is -2.34. The molecule has 2 N–H and O–H groups in total. The van der Waals surface area contributed by atoms with Gasteiger partial charge in [-0.3, -0.25) is 0 Å². The minimum absolute atomic E-state index is 0.552. The third-order valence-corrected chi connectivity index (χ3v) is 3.81. The lowest BCUT2D eigenvalue weighted by molar-refractivity contribution is 0.0854. The van der Waals surface area contributed by atoms with Crippen molar-refractivity contribution in [2.45, 2.75) is 25.3 Å². The molecular formula is C14H21ClN2O. The minimum Gasteiger partial charge on any atom is -0.381 e. The number of anilines is 1. The Hall–Kier alpha value is -0.770. The number of benzene rings is 1. The van der Waals surface area contributed by atoms with Crippen LogP contribution in [0.3, 0.4) is 0 Å². The Labute approximate surface area is 114 Å². The fourth-order valence-electron chi connectivity index (χ4n) is 2.52. The molecule has 0 atom stereocenters. The topological polar surface area (TPSA) is 38.5 Å². The lowest BCUT2D eigenvalue weighted by Crippen LogP contribution is -2.37. The summed E-state index contributed by atoms with van der Waals surface area (Å²) in [5.41, 5.74) is 8.16. The summed E-state index contributed by atoms with van der Waals surface area (Å²) < 4.78 is 5.41. The Bertz CT molecular complexity index is 391. The van der Waals surface area contributed by atoms with Crippen molar-refractivity contribution in [2.24, 2.45) is 5.73 Å². The molecule has 0 spiro atoms. The van der Waals surface area contributed by atoms with E-state index in [1.165, 1.54) is 11.3 Å². The second-order valence-electron chi connectivity index (χ2n) is 4.77. The number of ether oxygens (including phenoxy) is 1. The van der Waals surface area contributed by atoms with Crippen molar-refractivity contribution in [2.75, 3.05) is 31.7 Å². The van der Waals surface area contributed by atoms with Crippen molar-refractivity contribution >= 4 is 17.3 Å². The van der Waals surface area contributed by atoms with Crippen molar-refractivity contribution in [3.63, 3.8) is 0 Å². The highest BCUT2D eigenvalue weighted by Crippen LogP contribution is 2.27. The molecule has 1 saturated heterocycles. The lowest BCUT2D eigenvalue weighted by atomic mass is 10.0. The van der Waals surface area contributed by atoms with Gasteiger partial charge in [0.2, 0.25) is 0 Å². The van der Waals surface area contributed by atoms with Crippen LogP contribution in [0.15, 0.2) is 18.2 Å².